The summed E-state index contributed by atoms with van der Waals surface area (Å²) in [6.45, 7) is 3.95. The number of hydrogen-bond acceptors (Lipinski definition) is 5. The topological polar surface area (TPSA) is 77.8 Å². The van der Waals surface area contributed by atoms with Crippen molar-refractivity contribution in [3.63, 3.8) is 0 Å². The Morgan fingerprint density at radius 2 is 1.90 bits per heavy atom. The highest BCUT2D eigenvalue weighted by Gasteiger charge is 2.15. The largest absolute Gasteiger partial charge is 0.494 e. The van der Waals surface area contributed by atoms with E-state index in [1.54, 1.807) is 6.08 Å². The number of furan rings is 1. The summed E-state index contributed by atoms with van der Waals surface area (Å²) in [5.74, 6) is 0.412. The second-order valence-corrected chi connectivity index (χ2v) is 6.42. The Bertz CT molecular complexity index is 971. The smallest absolute Gasteiger partial charge is 0.331 e. The lowest BCUT2D eigenvalue weighted by atomic mass is 10.2. The van der Waals surface area contributed by atoms with E-state index < -0.39 is 11.9 Å². The predicted octanol–water partition coefficient (Wildman–Crippen LogP) is 4.27. The summed E-state index contributed by atoms with van der Waals surface area (Å²) >= 11 is 0. The van der Waals surface area contributed by atoms with Crippen LogP contribution in [0.25, 0.3) is 17.0 Å². The molecule has 0 unspecified atom stereocenters. The van der Waals surface area contributed by atoms with Gasteiger partial charge in [-0.05, 0) is 49.8 Å². The number of fused-ring (bicyclic) bond motifs is 1. The fraction of sp³-hybridized carbons (Fsp3) is 0.217. The van der Waals surface area contributed by atoms with Crippen molar-refractivity contribution in [2.75, 3.05) is 13.2 Å². The fourth-order valence-corrected chi connectivity index (χ4v) is 2.76. The second kappa shape index (κ2) is 9.59. The van der Waals surface area contributed by atoms with E-state index in [9.17, 15) is 9.59 Å². The van der Waals surface area contributed by atoms with E-state index in [0.29, 0.717) is 12.4 Å². The molecule has 0 bridgehead atoms. The van der Waals surface area contributed by atoms with Crippen molar-refractivity contribution in [3.05, 3.63) is 72.0 Å². The average Bonchev–Trinajstić information content (AvgIpc) is 3.16. The van der Waals surface area contributed by atoms with Crippen LogP contribution >= 0.6 is 0 Å². The lowest BCUT2D eigenvalue weighted by molar-refractivity contribution is -0.144. The van der Waals surface area contributed by atoms with Crippen LogP contribution in [0.2, 0.25) is 0 Å². The summed E-state index contributed by atoms with van der Waals surface area (Å²) in [5, 5.41) is 3.72. The number of ether oxygens (including phenoxy) is 2. The maximum atomic E-state index is 12.1. The Morgan fingerprint density at radius 1 is 1.14 bits per heavy atom. The molecule has 0 spiro atoms. The summed E-state index contributed by atoms with van der Waals surface area (Å²) in [7, 11) is 0. The van der Waals surface area contributed by atoms with Gasteiger partial charge in [-0.1, -0.05) is 30.3 Å². The van der Waals surface area contributed by atoms with Crippen LogP contribution < -0.4 is 10.1 Å². The molecule has 1 amide bonds. The maximum Gasteiger partial charge on any atom is 0.331 e. The third-order valence-corrected chi connectivity index (χ3v) is 4.20. The van der Waals surface area contributed by atoms with Crippen molar-refractivity contribution >= 4 is 28.9 Å². The molecule has 29 heavy (non-hydrogen) atoms. The number of hydrogen-bond donors (Lipinski definition) is 1. The van der Waals surface area contributed by atoms with E-state index in [1.165, 1.54) is 6.08 Å². The van der Waals surface area contributed by atoms with Crippen molar-refractivity contribution in [1.29, 1.82) is 0 Å². The van der Waals surface area contributed by atoms with Crippen molar-refractivity contribution in [2.24, 2.45) is 0 Å². The molecule has 6 heteroatoms. The molecule has 0 aliphatic carbocycles. The third kappa shape index (κ3) is 5.72. The minimum absolute atomic E-state index is 0.340. The van der Waals surface area contributed by atoms with Gasteiger partial charge in [-0.2, -0.15) is 0 Å². The molecule has 0 saturated heterocycles. The fourth-order valence-electron chi connectivity index (χ4n) is 2.76. The monoisotopic (exact) mass is 393 g/mol. The zero-order valence-electron chi connectivity index (χ0n) is 16.4. The quantitative estimate of drug-likeness (QED) is 0.457. The van der Waals surface area contributed by atoms with Gasteiger partial charge in [0.1, 0.15) is 17.1 Å². The molecule has 0 radical (unpaired) electrons. The van der Waals surface area contributed by atoms with Crippen molar-refractivity contribution in [3.8, 4) is 5.75 Å². The first-order valence-corrected chi connectivity index (χ1v) is 9.40. The molecule has 1 heterocycles. The predicted molar refractivity (Wildman–Crippen MR) is 110 cm³/mol. The molecule has 0 saturated carbocycles. The van der Waals surface area contributed by atoms with Gasteiger partial charge in [0, 0.05) is 11.5 Å². The Morgan fingerprint density at radius 3 is 2.62 bits per heavy atom. The van der Waals surface area contributed by atoms with E-state index in [4.69, 9.17) is 13.9 Å². The Balaban J connectivity index is 1.46. The van der Waals surface area contributed by atoms with Crippen LogP contribution in [-0.4, -0.2) is 25.1 Å². The Kier molecular flexibility index (Phi) is 6.68. The molecule has 0 aliphatic rings. The van der Waals surface area contributed by atoms with Gasteiger partial charge in [0.2, 0.25) is 0 Å². The molecular weight excluding hydrogens is 370 g/mol. The molecule has 3 aromatic rings. The molecule has 0 aliphatic heterocycles. The van der Waals surface area contributed by atoms with E-state index >= 15 is 0 Å². The van der Waals surface area contributed by atoms with Crippen LogP contribution in [0.3, 0.4) is 0 Å². The normalized spacial score (nSPS) is 12.1. The molecular formula is C23H23NO5. The first-order chi connectivity index (χ1) is 14.0. The number of rotatable bonds is 8. The van der Waals surface area contributed by atoms with E-state index in [0.717, 1.165) is 22.3 Å². The molecule has 0 fully saturated rings. The lowest BCUT2D eigenvalue weighted by Crippen LogP contribution is -2.30. The Labute approximate surface area is 169 Å². The number of carbonyl (C=O) groups is 2. The zero-order valence-corrected chi connectivity index (χ0v) is 16.4. The number of carbonyl (C=O) groups excluding carboxylic acids is 2. The van der Waals surface area contributed by atoms with Gasteiger partial charge >= 0.3 is 5.97 Å². The van der Waals surface area contributed by atoms with Gasteiger partial charge in [0.05, 0.1) is 12.6 Å². The van der Waals surface area contributed by atoms with Gasteiger partial charge in [-0.25, -0.2) is 4.79 Å². The number of esters is 1. The molecule has 1 aromatic heterocycles. The first-order valence-electron chi connectivity index (χ1n) is 9.40. The van der Waals surface area contributed by atoms with E-state index in [1.807, 2.05) is 68.4 Å². The van der Waals surface area contributed by atoms with Crippen molar-refractivity contribution < 1.29 is 23.5 Å². The second-order valence-electron chi connectivity index (χ2n) is 6.42. The summed E-state index contributed by atoms with van der Waals surface area (Å²) in [6.07, 6.45) is 2.90. The third-order valence-electron chi connectivity index (χ3n) is 4.20. The number of amides is 1. The average molecular weight is 393 g/mol. The van der Waals surface area contributed by atoms with Crippen LogP contribution in [0.15, 0.2) is 65.1 Å². The number of benzene rings is 2. The summed E-state index contributed by atoms with van der Waals surface area (Å²) < 4.78 is 16.1. The van der Waals surface area contributed by atoms with Gasteiger partial charge in [0.25, 0.3) is 5.91 Å². The molecule has 1 N–H and O–H groups in total. The highest BCUT2D eigenvalue weighted by Crippen LogP contribution is 2.23. The summed E-state index contributed by atoms with van der Waals surface area (Å²) in [4.78, 5) is 23.9. The summed E-state index contributed by atoms with van der Waals surface area (Å²) in [5.41, 5.74) is 1.59. The van der Waals surface area contributed by atoms with Crippen LogP contribution in [-0.2, 0) is 14.3 Å². The molecule has 150 valence electrons. The zero-order chi connectivity index (χ0) is 20.6. The maximum absolute atomic E-state index is 12.1. The standard InChI is InChI=1S/C23H23NO5/c1-3-27-19-11-8-17(9-12-19)10-13-23(26)28-15-22(25)24-16(2)21-14-18-6-4-5-7-20(18)29-21/h4-14,16H,3,15H2,1-2H3,(H,24,25)/b13-10+/t16-/m0/s1. The molecule has 6 nitrogen and oxygen atoms in total. The number of para-hydroxylation sites is 1. The van der Waals surface area contributed by atoms with Crippen molar-refractivity contribution in [1.82, 2.24) is 5.32 Å². The molecule has 1 atom stereocenters. The Hall–Kier alpha value is -3.54. The first kappa shape index (κ1) is 20.2. The highest BCUT2D eigenvalue weighted by molar-refractivity contribution is 5.89. The summed E-state index contributed by atoms with van der Waals surface area (Å²) in [6, 6.07) is 16.5. The van der Waals surface area contributed by atoms with Gasteiger partial charge < -0.3 is 19.2 Å². The van der Waals surface area contributed by atoms with Crippen LogP contribution in [0.5, 0.6) is 5.75 Å². The van der Waals surface area contributed by atoms with Gasteiger partial charge in [-0.3, -0.25) is 4.79 Å². The van der Waals surface area contributed by atoms with Crippen LogP contribution in [0, 0.1) is 0 Å². The van der Waals surface area contributed by atoms with Crippen LogP contribution in [0.4, 0.5) is 0 Å². The number of nitrogens with one attached hydrogen (secondary N) is 1. The van der Waals surface area contributed by atoms with E-state index in [-0.39, 0.29) is 12.6 Å². The minimum atomic E-state index is -0.592. The molecule has 3 rings (SSSR count). The van der Waals surface area contributed by atoms with Gasteiger partial charge in [-0.15, -0.1) is 0 Å². The lowest BCUT2D eigenvalue weighted by Gasteiger charge is -2.11. The van der Waals surface area contributed by atoms with E-state index in [2.05, 4.69) is 5.32 Å². The highest BCUT2D eigenvalue weighted by atomic mass is 16.5. The van der Waals surface area contributed by atoms with Crippen LogP contribution in [0.1, 0.15) is 31.2 Å². The molecule has 2 aromatic carbocycles. The van der Waals surface area contributed by atoms with Crippen molar-refractivity contribution in [2.45, 2.75) is 19.9 Å². The minimum Gasteiger partial charge on any atom is -0.494 e. The SMILES string of the molecule is CCOc1ccc(/C=C/C(=O)OCC(=O)N[C@@H](C)c2cc3ccccc3o2)cc1. The van der Waals surface area contributed by atoms with Gasteiger partial charge in [0.15, 0.2) is 6.61 Å².